The lowest BCUT2D eigenvalue weighted by molar-refractivity contribution is 0.353. The van der Waals surface area contributed by atoms with Gasteiger partial charge in [-0.25, -0.2) is 4.99 Å². The summed E-state index contributed by atoms with van der Waals surface area (Å²) >= 11 is 0. The van der Waals surface area contributed by atoms with Gasteiger partial charge in [-0.1, -0.05) is 19.8 Å². The highest BCUT2D eigenvalue weighted by molar-refractivity contribution is 5.56. The first-order valence-corrected chi connectivity index (χ1v) is 4.14. The molecule has 0 fully saturated rings. The lowest BCUT2D eigenvalue weighted by atomic mass is 10.2. The maximum Gasteiger partial charge on any atom is 0.109 e. The molecule has 0 saturated heterocycles. The maximum absolute atomic E-state index is 4.00. The van der Waals surface area contributed by atoms with Crippen LogP contribution >= 0.6 is 0 Å². The Hall–Kier alpha value is -0.990. The molecule has 0 aliphatic carbocycles. The minimum absolute atomic E-state index is 1.04. The van der Waals surface area contributed by atoms with E-state index in [2.05, 4.69) is 17.3 Å². The standard InChI is InChI=1S/C8H15N3/c1-2-3-4-7-11-8-9-5-6-10-11/h5-6,8,10H,2-4,7H2,1H3. The van der Waals surface area contributed by atoms with E-state index in [4.69, 9.17) is 0 Å². The third kappa shape index (κ3) is 3.07. The van der Waals surface area contributed by atoms with Crippen molar-refractivity contribution < 1.29 is 0 Å². The highest BCUT2D eigenvalue weighted by Crippen LogP contribution is 1.96. The monoisotopic (exact) mass is 153 g/mol. The SMILES string of the molecule is CCCCCN1C=NC=CN1. The van der Waals surface area contributed by atoms with Gasteiger partial charge in [-0.15, -0.1) is 0 Å². The second-order valence-corrected chi connectivity index (χ2v) is 2.61. The van der Waals surface area contributed by atoms with Crippen LogP contribution in [0.4, 0.5) is 0 Å². The second-order valence-electron chi connectivity index (χ2n) is 2.61. The van der Waals surface area contributed by atoms with Gasteiger partial charge >= 0.3 is 0 Å². The van der Waals surface area contributed by atoms with Crippen LogP contribution in [-0.2, 0) is 0 Å². The molecule has 0 radical (unpaired) electrons. The summed E-state index contributed by atoms with van der Waals surface area (Å²) in [6, 6.07) is 0. The summed E-state index contributed by atoms with van der Waals surface area (Å²) in [7, 11) is 0. The summed E-state index contributed by atoms with van der Waals surface area (Å²) in [5.74, 6) is 0. The zero-order valence-corrected chi connectivity index (χ0v) is 6.95. The average Bonchev–Trinajstić information content (AvgIpc) is 2.07. The first-order chi connectivity index (χ1) is 5.43. The Morgan fingerprint density at radius 2 is 2.36 bits per heavy atom. The molecule has 62 valence electrons. The Kier molecular flexibility index (Phi) is 3.52. The molecule has 1 aliphatic heterocycles. The fourth-order valence-corrected chi connectivity index (χ4v) is 0.979. The van der Waals surface area contributed by atoms with E-state index in [-0.39, 0.29) is 0 Å². The van der Waals surface area contributed by atoms with Crippen molar-refractivity contribution in [2.45, 2.75) is 26.2 Å². The lowest BCUT2D eigenvalue weighted by Crippen LogP contribution is -2.35. The average molecular weight is 153 g/mol. The van der Waals surface area contributed by atoms with Gasteiger partial charge in [-0.05, 0) is 6.42 Å². The van der Waals surface area contributed by atoms with Crippen molar-refractivity contribution >= 4 is 6.34 Å². The van der Waals surface area contributed by atoms with Crippen LogP contribution in [0.3, 0.4) is 0 Å². The summed E-state index contributed by atoms with van der Waals surface area (Å²) in [6.45, 7) is 3.25. The number of nitrogens with one attached hydrogen (secondary N) is 1. The summed E-state index contributed by atoms with van der Waals surface area (Å²) < 4.78 is 0. The van der Waals surface area contributed by atoms with Crippen LogP contribution < -0.4 is 5.43 Å². The fraction of sp³-hybridized carbons (Fsp3) is 0.625. The molecule has 11 heavy (non-hydrogen) atoms. The molecular formula is C8H15N3. The minimum Gasteiger partial charge on any atom is -0.303 e. The quantitative estimate of drug-likeness (QED) is 0.620. The van der Waals surface area contributed by atoms with Crippen molar-refractivity contribution in [1.82, 2.24) is 10.4 Å². The van der Waals surface area contributed by atoms with Crippen LogP contribution in [-0.4, -0.2) is 17.9 Å². The molecule has 0 saturated carbocycles. The topological polar surface area (TPSA) is 27.6 Å². The minimum atomic E-state index is 1.04. The summed E-state index contributed by atoms with van der Waals surface area (Å²) in [4.78, 5) is 4.00. The maximum atomic E-state index is 4.00. The van der Waals surface area contributed by atoms with Crippen molar-refractivity contribution in [2.75, 3.05) is 6.54 Å². The Bertz CT molecular complexity index is 151. The van der Waals surface area contributed by atoms with E-state index in [0.29, 0.717) is 0 Å². The number of hydrazine groups is 1. The molecule has 1 N–H and O–H groups in total. The molecule has 0 atom stereocenters. The molecule has 1 heterocycles. The molecule has 3 heteroatoms. The summed E-state index contributed by atoms with van der Waals surface area (Å²) in [5, 5.41) is 2.00. The predicted molar refractivity (Wildman–Crippen MR) is 47.0 cm³/mol. The van der Waals surface area contributed by atoms with Crippen molar-refractivity contribution in [1.29, 1.82) is 0 Å². The van der Waals surface area contributed by atoms with Crippen LogP contribution in [0.5, 0.6) is 0 Å². The van der Waals surface area contributed by atoms with Crippen molar-refractivity contribution in [2.24, 2.45) is 4.99 Å². The number of hydrogen-bond donors (Lipinski definition) is 1. The van der Waals surface area contributed by atoms with E-state index in [9.17, 15) is 0 Å². The highest BCUT2D eigenvalue weighted by Gasteiger charge is 1.97. The van der Waals surface area contributed by atoms with E-state index in [1.165, 1.54) is 19.3 Å². The Morgan fingerprint density at radius 3 is 3.00 bits per heavy atom. The van der Waals surface area contributed by atoms with E-state index in [0.717, 1.165) is 6.54 Å². The van der Waals surface area contributed by atoms with Crippen molar-refractivity contribution in [3.8, 4) is 0 Å². The van der Waals surface area contributed by atoms with Gasteiger partial charge in [-0.3, -0.25) is 5.01 Å². The number of aliphatic imine (C=N–C) groups is 1. The third-order valence-electron chi connectivity index (χ3n) is 1.61. The van der Waals surface area contributed by atoms with Gasteiger partial charge in [0.2, 0.25) is 0 Å². The van der Waals surface area contributed by atoms with E-state index < -0.39 is 0 Å². The largest absolute Gasteiger partial charge is 0.303 e. The molecule has 0 aromatic carbocycles. The van der Waals surface area contributed by atoms with Gasteiger partial charge in [0.15, 0.2) is 0 Å². The Labute approximate surface area is 67.8 Å². The number of rotatable bonds is 4. The molecule has 1 rings (SSSR count). The fourth-order valence-electron chi connectivity index (χ4n) is 0.979. The van der Waals surface area contributed by atoms with Crippen LogP contribution in [0.1, 0.15) is 26.2 Å². The van der Waals surface area contributed by atoms with Gasteiger partial charge in [0.25, 0.3) is 0 Å². The Morgan fingerprint density at radius 1 is 1.45 bits per heavy atom. The van der Waals surface area contributed by atoms with Crippen molar-refractivity contribution in [3.05, 3.63) is 12.4 Å². The highest BCUT2D eigenvalue weighted by atomic mass is 15.5. The van der Waals surface area contributed by atoms with Crippen LogP contribution in [0.25, 0.3) is 0 Å². The molecule has 0 spiro atoms. The van der Waals surface area contributed by atoms with Crippen molar-refractivity contribution in [3.63, 3.8) is 0 Å². The van der Waals surface area contributed by atoms with Gasteiger partial charge in [0.1, 0.15) is 6.34 Å². The zero-order chi connectivity index (χ0) is 7.94. The molecule has 0 aromatic heterocycles. The second kappa shape index (κ2) is 4.77. The predicted octanol–water partition coefficient (Wildman–Crippen LogP) is 1.50. The van der Waals surface area contributed by atoms with Crippen LogP contribution in [0.2, 0.25) is 0 Å². The van der Waals surface area contributed by atoms with E-state index >= 15 is 0 Å². The summed E-state index contributed by atoms with van der Waals surface area (Å²) in [5.41, 5.74) is 3.08. The third-order valence-corrected chi connectivity index (χ3v) is 1.61. The number of hydrogen-bond acceptors (Lipinski definition) is 3. The van der Waals surface area contributed by atoms with Crippen LogP contribution in [0, 0.1) is 0 Å². The first kappa shape index (κ1) is 8.11. The number of nitrogens with zero attached hydrogens (tertiary/aromatic N) is 2. The van der Waals surface area contributed by atoms with E-state index in [1.807, 2.05) is 17.5 Å². The normalized spacial score (nSPS) is 15.2. The van der Waals surface area contributed by atoms with Gasteiger partial charge < -0.3 is 5.43 Å². The number of unbranched alkanes of at least 4 members (excludes halogenated alkanes) is 2. The van der Waals surface area contributed by atoms with Gasteiger partial charge in [0.05, 0.1) is 0 Å². The molecular weight excluding hydrogens is 138 g/mol. The molecule has 1 aliphatic rings. The molecule has 0 aromatic rings. The molecule has 0 bridgehead atoms. The van der Waals surface area contributed by atoms with E-state index in [1.54, 1.807) is 6.20 Å². The summed E-state index contributed by atoms with van der Waals surface area (Å²) in [6.07, 6.45) is 9.18. The zero-order valence-electron chi connectivity index (χ0n) is 6.95. The Balaban J connectivity index is 2.07. The lowest BCUT2D eigenvalue weighted by Gasteiger charge is -2.20. The molecule has 3 nitrogen and oxygen atoms in total. The first-order valence-electron chi connectivity index (χ1n) is 4.14. The molecule has 0 amide bonds. The smallest absolute Gasteiger partial charge is 0.109 e. The van der Waals surface area contributed by atoms with Gasteiger partial charge in [-0.2, -0.15) is 0 Å². The van der Waals surface area contributed by atoms with Gasteiger partial charge in [0, 0.05) is 18.9 Å². The van der Waals surface area contributed by atoms with Crippen LogP contribution in [0.15, 0.2) is 17.4 Å². The molecule has 0 unspecified atom stereocenters.